The lowest BCUT2D eigenvalue weighted by Crippen LogP contribution is -2.36. The van der Waals surface area contributed by atoms with Gasteiger partial charge in [0.05, 0.1) is 6.10 Å². The van der Waals surface area contributed by atoms with Crippen molar-refractivity contribution in [1.29, 1.82) is 0 Å². The third-order valence-corrected chi connectivity index (χ3v) is 3.94. The molecule has 0 aromatic heterocycles. The first-order chi connectivity index (χ1) is 11.0. The van der Waals surface area contributed by atoms with E-state index in [2.05, 4.69) is 6.92 Å². The molecule has 0 aliphatic heterocycles. The van der Waals surface area contributed by atoms with E-state index in [0.717, 1.165) is 57.8 Å². The van der Waals surface area contributed by atoms with E-state index in [-0.39, 0.29) is 6.42 Å². The minimum Gasteiger partial charge on any atom is -0.481 e. The Kier molecular flexibility index (Phi) is 14.1. The molecule has 3 atom stereocenters. The predicted molar refractivity (Wildman–Crippen MR) is 91.3 cm³/mol. The van der Waals surface area contributed by atoms with Gasteiger partial charge in [-0.25, -0.2) is 0 Å². The second-order valence-corrected chi connectivity index (χ2v) is 6.17. The number of rotatable bonds is 15. The molecule has 0 rings (SSSR count). The minimum absolute atomic E-state index is 0.241. The quantitative estimate of drug-likeness (QED) is 0.273. The van der Waals surface area contributed by atoms with Crippen LogP contribution in [0.5, 0.6) is 0 Å². The van der Waals surface area contributed by atoms with Crippen LogP contribution in [0.3, 0.4) is 0 Å². The summed E-state index contributed by atoms with van der Waals surface area (Å²) in [7, 11) is 0. The van der Waals surface area contributed by atoms with Crippen LogP contribution in [-0.4, -0.2) is 44.7 Å². The summed E-state index contributed by atoms with van der Waals surface area (Å²) in [6.45, 7) is 2.08. The molecule has 0 bridgehead atoms. The number of unbranched alkanes of at least 4 members (excludes halogenated alkanes) is 7. The Morgan fingerprint density at radius 1 is 0.957 bits per heavy atom. The zero-order valence-electron chi connectivity index (χ0n) is 14.4. The summed E-state index contributed by atoms with van der Waals surface area (Å²) in [6, 6.07) is 0. The van der Waals surface area contributed by atoms with Crippen molar-refractivity contribution in [3.05, 3.63) is 12.2 Å². The third-order valence-electron chi connectivity index (χ3n) is 3.94. The first-order valence-corrected chi connectivity index (χ1v) is 8.91. The fourth-order valence-electron chi connectivity index (χ4n) is 2.42. The normalized spacial score (nSPS) is 15.7. The first kappa shape index (κ1) is 22.1. The molecule has 0 aromatic rings. The van der Waals surface area contributed by atoms with Crippen molar-refractivity contribution < 1.29 is 25.2 Å². The Labute approximate surface area is 140 Å². The van der Waals surface area contributed by atoms with Gasteiger partial charge in [-0.05, 0) is 25.7 Å². The zero-order valence-corrected chi connectivity index (χ0v) is 14.4. The van der Waals surface area contributed by atoms with E-state index < -0.39 is 24.3 Å². The van der Waals surface area contributed by atoms with Crippen molar-refractivity contribution >= 4 is 5.97 Å². The Bertz CT molecular complexity index is 317. The molecule has 0 aromatic carbocycles. The summed E-state index contributed by atoms with van der Waals surface area (Å²) in [5.74, 6) is -0.739. The van der Waals surface area contributed by atoms with E-state index in [9.17, 15) is 20.1 Å². The third kappa shape index (κ3) is 13.2. The Morgan fingerprint density at radius 2 is 1.61 bits per heavy atom. The van der Waals surface area contributed by atoms with Gasteiger partial charge < -0.3 is 20.4 Å². The molecule has 5 heteroatoms. The topological polar surface area (TPSA) is 98.0 Å². The molecule has 4 N–H and O–H groups in total. The molecule has 0 aliphatic rings. The van der Waals surface area contributed by atoms with Crippen LogP contribution in [0.25, 0.3) is 0 Å². The SMILES string of the molecule is CCCCCC(O)C(O)C(O)C=CCCCCCCCC(=O)O. The van der Waals surface area contributed by atoms with E-state index in [1.165, 1.54) is 0 Å². The summed E-state index contributed by atoms with van der Waals surface area (Å²) in [4.78, 5) is 10.3. The average molecular weight is 330 g/mol. The summed E-state index contributed by atoms with van der Waals surface area (Å²) in [5, 5.41) is 38.0. The fourth-order valence-corrected chi connectivity index (χ4v) is 2.42. The van der Waals surface area contributed by atoms with E-state index in [1.54, 1.807) is 6.08 Å². The number of aliphatic carboxylic acids is 1. The molecule has 136 valence electrons. The van der Waals surface area contributed by atoms with Crippen LogP contribution in [0, 0.1) is 0 Å². The largest absolute Gasteiger partial charge is 0.481 e. The van der Waals surface area contributed by atoms with Gasteiger partial charge in [-0.1, -0.05) is 57.6 Å². The van der Waals surface area contributed by atoms with Gasteiger partial charge in [-0.15, -0.1) is 0 Å². The van der Waals surface area contributed by atoms with Crippen LogP contribution in [0.15, 0.2) is 12.2 Å². The van der Waals surface area contributed by atoms with Crippen molar-refractivity contribution in [2.45, 2.75) is 95.9 Å². The van der Waals surface area contributed by atoms with Gasteiger partial charge in [0, 0.05) is 6.42 Å². The zero-order chi connectivity index (χ0) is 17.5. The van der Waals surface area contributed by atoms with Crippen LogP contribution in [-0.2, 0) is 4.79 Å². The van der Waals surface area contributed by atoms with Crippen molar-refractivity contribution in [2.75, 3.05) is 0 Å². The summed E-state index contributed by atoms with van der Waals surface area (Å²) in [5.41, 5.74) is 0. The monoisotopic (exact) mass is 330 g/mol. The van der Waals surface area contributed by atoms with Crippen LogP contribution in [0.2, 0.25) is 0 Å². The molecule has 0 aliphatic carbocycles. The predicted octanol–water partition coefficient (Wildman–Crippen LogP) is 3.02. The highest BCUT2D eigenvalue weighted by Gasteiger charge is 2.21. The van der Waals surface area contributed by atoms with Crippen LogP contribution >= 0.6 is 0 Å². The van der Waals surface area contributed by atoms with Gasteiger partial charge in [-0.2, -0.15) is 0 Å². The lowest BCUT2D eigenvalue weighted by Gasteiger charge is -2.20. The standard InChI is InChI=1S/C18H34O5/c1-2-3-9-12-15(19)18(23)16(20)13-10-7-5-4-6-8-11-14-17(21)22/h10,13,15-16,18-20,23H,2-9,11-12,14H2,1H3,(H,21,22). The smallest absolute Gasteiger partial charge is 0.303 e. The average Bonchev–Trinajstić information content (AvgIpc) is 2.52. The lowest BCUT2D eigenvalue weighted by molar-refractivity contribution is -0.137. The molecule has 3 unspecified atom stereocenters. The number of carboxylic acids is 1. The second kappa shape index (κ2) is 14.7. The minimum atomic E-state index is -1.13. The maximum atomic E-state index is 10.3. The molecular formula is C18H34O5. The van der Waals surface area contributed by atoms with Gasteiger partial charge in [0.25, 0.3) is 0 Å². The number of hydrogen-bond donors (Lipinski definition) is 4. The molecule has 0 radical (unpaired) electrons. The van der Waals surface area contributed by atoms with Gasteiger partial charge in [-0.3, -0.25) is 4.79 Å². The van der Waals surface area contributed by atoms with E-state index in [4.69, 9.17) is 5.11 Å². The molecule has 23 heavy (non-hydrogen) atoms. The lowest BCUT2D eigenvalue weighted by atomic mass is 10.0. The highest BCUT2D eigenvalue weighted by atomic mass is 16.4. The van der Waals surface area contributed by atoms with Gasteiger partial charge in [0.2, 0.25) is 0 Å². The number of hydrogen-bond acceptors (Lipinski definition) is 4. The van der Waals surface area contributed by atoms with E-state index in [1.807, 2.05) is 6.08 Å². The number of carboxylic acid groups (broad SMARTS) is 1. The molecule has 5 nitrogen and oxygen atoms in total. The summed E-state index contributed by atoms with van der Waals surface area (Å²) < 4.78 is 0. The summed E-state index contributed by atoms with van der Waals surface area (Å²) in [6.07, 6.45) is 9.54. The van der Waals surface area contributed by atoms with Crippen molar-refractivity contribution in [2.24, 2.45) is 0 Å². The highest BCUT2D eigenvalue weighted by molar-refractivity contribution is 5.66. The second-order valence-electron chi connectivity index (χ2n) is 6.17. The molecule has 0 fully saturated rings. The number of aliphatic hydroxyl groups excluding tert-OH is 3. The van der Waals surface area contributed by atoms with Crippen LogP contribution in [0.4, 0.5) is 0 Å². The van der Waals surface area contributed by atoms with Gasteiger partial charge >= 0.3 is 5.97 Å². The van der Waals surface area contributed by atoms with Crippen molar-refractivity contribution in [3.8, 4) is 0 Å². The van der Waals surface area contributed by atoms with Crippen LogP contribution < -0.4 is 0 Å². The van der Waals surface area contributed by atoms with E-state index >= 15 is 0 Å². The maximum Gasteiger partial charge on any atom is 0.303 e. The summed E-state index contributed by atoms with van der Waals surface area (Å²) >= 11 is 0. The van der Waals surface area contributed by atoms with Gasteiger partial charge in [0.1, 0.15) is 12.2 Å². The molecule has 0 saturated heterocycles. The van der Waals surface area contributed by atoms with Crippen molar-refractivity contribution in [3.63, 3.8) is 0 Å². The Hall–Kier alpha value is -0.910. The molecule has 0 heterocycles. The first-order valence-electron chi connectivity index (χ1n) is 8.91. The fraction of sp³-hybridized carbons (Fsp3) is 0.833. The van der Waals surface area contributed by atoms with E-state index in [0.29, 0.717) is 6.42 Å². The number of allylic oxidation sites excluding steroid dienone is 1. The molecular weight excluding hydrogens is 296 g/mol. The molecule has 0 amide bonds. The van der Waals surface area contributed by atoms with Gasteiger partial charge in [0.15, 0.2) is 0 Å². The molecule has 0 spiro atoms. The maximum absolute atomic E-state index is 10.3. The molecule has 0 saturated carbocycles. The Morgan fingerprint density at radius 3 is 2.26 bits per heavy atom. The number of aliphatic hydroxyl groups is 3. The van der Waals surface area contributed by atoms with Crippen molar-refractivity contribution in [1.82, 2.24) is 0 Å². The van der Waals surface area contributed by atoms with Crippen LogP contribution in [0.1, 0.15) is 77.6 Å². The Balaban J connectivity index is 3.66. The highest BCUT2D eigenvalue weighted by Crippen LogP contribution is 2.12. The number of carbonyl (C=O) groups is 1.